The van der Waals surface area contributed by atoms with E-state index in [0.29, 0.717) is 18.8 Å². The first-order valence-electron chi connectivity index (χ1n) is 6.74. The fourth-order valence-electron chi connectivity index (χ4n) is 2.20. The monoisotopic (exact) mass is 281 g/mol. The van der Waals surface area contributed by atoms with E-state index in [2.05, 4.69) is 25.5 Å². The van der Waals surface area contributed by atoms with Crippen molar-refractivity contribution in [3.05, 3.63) is 53.7 Å². The Balaban J connectivity index is 1.66. The fourth-order valence-corrected chi connectivity index (χ4v) is 2.20. The zero-order valence-electron chi connectivity index (χ0n) is 11.6. The van der Waals surface area contributed by atoms with Crippen molar-refractivity contribution in [2.45, 2.75) is 13.3 Å². The molecular formula is C15H15N5O. The lowest BCUT2D eigenvalue weighted by molar-refractivity contribution is 0.0944. The van der Waals surface area contributed by atoms with Crippen molar-refractivity contribution in [3.8, 4) is 0 Å². The van der Waals surface area contributed by atoms with E-state index in [1.54, 1.807) is 13.1 Å². The fraction of sp³-hybridized carbons (Fsp3) is 0.200. The smallest absolute Gasteiger partial charge is 0.290 e. The number of rotatable bonds is 4. The molecule has 0 bridgehead atoms. The number of para-hydroxylation sites is 1. The van der Waals surface area contributed by atoms with Gasteiger partial charge in [0, 0.05) is 18.1 Å². The summed E-state index contributed by atoms with van der Waals surface area (Å²) in [5.41, 5.74) is 2.09. The Kier molecular flexibility index (Phi) is 3.59. The number of hydrogen-bond donors (Lipinski definition) is 2. The molecule has 3 rings (SSSR count). The Labute approximate surface area is 121 Å². The van der Waals surface area contributed by atoms with Crippen LogP contribution in [-0.4, -0.2) is 32.6 Å². The highest BCUT2D eigenvalue weighted by Crippen LogP contribution is 2.15. The number of carbonyl (C=O) groups excluding carboxylic acids is 1. The number of aryl methyl sites for hydroxylation is 1. The molecule has 6 heteroatoms. The van der Waals surface area contributed by atoms with Crippen LogP contribution in [0.1, 0.15) is 22.0 Å². The molecule has 1 aromatic carbocycles. The molecule has 106 valence electrons. The molecule has 2 aromatic heterocycles. The molecule has 2 N–H and O–H groups in total. The second kappa shape index (κ2) is 5.70. The highest BCUT2D eigenvalue weighted by molar-refractivity contribution is 5.90. The predicted octanol–water partition coefficient (Wildman–Crippen LogP) is 1.63. The van der Waals surface area contributed by atoms with Crippen LogP contribution in [0, 0.1) is 6.92 Å². The Morgan fingerprint density at radius 1 is 1.29 bits per heavy atom. The number of nitrogens with zero attached hydrogens (tertiary/aromatic N) is 3. The number of H-pyrrole nitrogens is 1. The molecule has 0 radical (unpaired) electrons. The minimum atomic E-state index is -0.271. The molecule has 0 saturated heterocycles. The average molecular weight is 281 g/mol. The van der Waals surface area contributed by atoms with E-state index < -0.39 is 0 Å². The van der Waals surface area contributed by atoms with Crippen LogP contribution in [-0.2, 0) is 6.42 Å². The number of pyridine rings is 1. The van der Waals surface area contributed by atoms with Gasteiger partial charge >= 0.3 is 0 Å². The lowest BCUT2D eigenvalue weighted by Crippen LogP contribution is -2.26. The van der Waals surface area contributed by atoms with Crippen molar-refractivity contribution in [2.75, 3.05) is 6.54 Å². The lowest BCUT2D eigenvalue weighted by atomic mass is 10.1. The van der Waals surface area contributed by atoms with Crippen LogP contribution in [0.5, 0.6) is 0 Å². The van der Waals surface area contributed by atoms with Gasteiger partial charge in [0.1, 0.15) is 5.82 Å². The van der Waals surface area contributed by atoms with Crippen LogP contribution in [0.4, 0.5) is 0 Å². The molecular weight excluding hydrogens is 266 g/mol. The molecule has 0 saturated carbocycles. The minimum absolute atomic E-state index is 0.170. The molecule has 0 unspecified atom stereocenters. The second-order valence-corrected chi connectivity index (χ2v) is 4.74. The Morgan fingerprint density at radius 2 is 2.14 bits per heavy atom. The molecule has 1 amide bonds. The van der Waals surface area contributed by atoms with E-state index in [1.807, 2.05) is 30.3 Å². The van der Waals surface area contributed by atoms with Crippen LogP contribution in [0.15, 0.2) is 36.5 Å². The zero-order chi connectivity index (χ0) is 14.7. The molecule has 6 nitrogen and oxygen atoms in total. The molecule has 0 aliphatic rings. The SMILES string of the molecule is Cc1nc(C(=O)NCCc2cccc3cccnc23)n[nH]1. The number of amides is 1. The van der Waals surface area contributed by atoms with Crippen molar-refractivity contribution in [1.29, 1.82) is 0 Å². The highest BCUT2D eigenvalue weighted by atomic mass is 16.2. The molecule has 0 spiro atoms. The zero-order valence-corrected chi connectivity index (χ0v) is 11.6. The van der Waals surface area contributed by atoms with Crippen molar-refractivity contribution in [1.82, 2.24) is 25.5 Å². The third kappa shape index (κ3) is 2.89. The Bertz CT molecular complexity index is 775. The van der Waals surface area contributed by atoms with E-state index in [4.69, 9.17) is 0 Å². The Morgan fingerprint density at radius 3 is 2.95 bits per heavy atom. The summed E-state index contributed by atoms with van der Waals surface area (Å²) in [4.78, 5) is 20.2. The second-order valence-electron chi connectivity index (χ2n) is 4.74. The summed E-state index contributed by atoms with van der Waals surface area (Å²) in [5, 5.41) is 10.4. The summed E-state index contributed by atoms with van der Waals surface area (Å²) in [7, 11) is 0. The van der Waals surface area contributed by atoms with Gasteiger partial charge in [-0.1, -0.05) is 24.3 Å². The quantitative estimate of drug-likeness (QED) is 0.761. The van der Waals surface area contributed by atoms with E-state index in [9.17, 15) is 4.79 Å². The van der Waals surface area contributed by atoms with Gasteiger partial charge in [-0.15, -0.1) is 5.10 Å². The number of aromatic amines is 1. The maximum Gasteiger partial charge on any atom is 0.290 e. The standard InChI is InChI=1S/C15H15N5O/c1-10-18-14(20-19-10)15(21)17-9-7-12-5-2-4-11-6-3-8-16-13(11)12/h2-6,8H,7,9H2,1H3,(H,17,21)(H,18,19,20). The Hall–Kier alpha value is -2.76. The first-order chi connectivity index (χ1) is 10.2. The number of benzene rings is 1. The van der Waals surface area contributed by atoms with Crippen molar-refractivity contribution in [2.24, 2.45) is 0 Å². The highest BCUT2D eigenvalue weighted by Gasteiger charge is 2.10. The summed E-state index contributed by atoms with van der Waals surface area (Å²) in [6, 6.07) is 10.00. The van der Waals surface area contributed by atoms with Gasteiger partial charge < -0.3 is 5.32 Å². The molecule has 3 aromatic rings. The molecule has 0 aliphatic heterocycles. The summed E-state index contributed by atoms with van der Waals surface area (Å²) < 4.78 is 0. The van der Waals surface area contributed by atoms with Gasteiger partial charge in [0.15, 0.2) is 0 Å². The summed E-state index contributed by atoms with van der Waals surface area (Å²) in [6.45, 7) is 2.27. The van der Waals surface area contributed by atoms with Crippen LogP contribution >= 0.6 is 0 Å². The van der Waals surface area contributed by atoms with E-state index >= 15 is 0 Å². The number of aromatic nitrogens is 4. The maximum atomic E-state index is 11.8. The lowest BCUT2D eigenvalue weighted by Gasteiger charge is -2.06. The number of hydrogen-bond acceptors (Lipinski definition) is 4. The van der Waals surface area contributed by atoms with Crippen molar-refractivity contribution < 1.29 is 4.79 Å². The van der Waals surface area contributed by atoms with Gasteiger partial charge in [-0.25, -0.2) is 4.98 Å². The first-order valence-corrected chi connectivity index (χ1v) is 6.74. The molecule has 0 aliphatic carbocycles. The summed E-state index contributed by atoms with van der Waals surface area (Å²) in [6.07, 6.45) is 2.49. The van der Waals surface area contributed by atoms with Gasteiger partial charge in [-0.3, -0.25) is 14.9 Å². The van der Waals surface area contributed by atoms with Gasteiger partial charge in [-0.05, 0) is 25.0 Å². The van der Waals surface area contributed by atoms with Crippen molar-refractivity contribution in [3.63, 3.8) is 0 Å². The third-order valence-electron chi connectivity index (χ3n) is 3.20. The number of fused-ring (bicyclic) bond motifs is 1. The van der Waals surface area contributed by atoms with Gasteiger partial charge in [0.05, 0.1) is 5.52 Å². The molecule has 21 heavy (non-hydrogen) atoms. The van der Waals surface area contributed by atoms with Crippen LogP contribution in [0.25, 0.3) is 10.9 Å². The third-order valence-corrected chi connectivity index (χ3v) is 3.20. The average Bonchev–Trinajstić information content (AvgIpc) is 2.94. The first kappa shape index (κ1) is 13.2. The van der Waals surface area contributed by atoms with Crippen LogP contribution in [0.2, 0.25) is 0 Å². The number of carbonyl (C=O) groups is 1. The van der Waals surface area contributed by atoms with Crippen LogP contribution < -0.4 is 5.32 Å². The van der Waals surface area contributed by atoms with E-state index in [-0.39, 0.29) is 11.7 Å². The van der Waals surface area contributed by atoms with Gasteiger partial charge in [-0.2, -0.15) is 0 Å². The van der Waals surface area contributed by atoms with Crippen LogP contribution in [0.3, 0.4) is 0 Å². The molecule has 0 fully saturated rings. The van der Waals surface area contributed by atoms with E-state index in [1.165, 1.54) is 0 Å². The normalized spacial score (nSPS) is 10.7. The molecule has 2 heterocycles. The minimum Gasteiger partial charge on any atom is -0.349 e. The summed E-state index contributed by atoms with van der Waals surface area (Å²) >= 11 is 0. The van der Waals surface area contributed by atoms with Gasteiger partial charge in [0.2, 0.25) is 5.82 Å². The molecule has 0 atom stereocenters. The maximum absolute atomic E-state index is 11.8. The number of nitrogens with one attached hydrogen (secondary N) is 2. The summed E-state index contributed by atoms with van der Waals surface area (Å²) in [5.74, 6) is 0.523. The van der Waals surface area contributed by atoms with Gasteiger partial charge in [0.25, 0.3) is 5.91 Å². The van der Waals surface area contributed by atoms with Crippen molar-refractivity contribution >= 4 is 16.8 Å². The largest absolute Gasteiger partial charge is 0.349 e. The van der Waals surface area contributed by atoms with E-state index in [0.717, 1.165) is 16.5 Å². The topological polar surface area (TPSA) is 83.6 Å². The predicted molar refractivity (Wildman–Crippen MR) is 78.9 cm³/mol.